The Labute approximate surface area is 104 Å². The van der Waals surface area contributed by atoms with Crippen LogP contribution in [0.1, 0.15) is 12.0 Å². The van der Waals surface area contributed by atoms with Gasteiger partial charge in [-0.1, -0.05) is 12.1 Å². The fraction of sp³-hybridized carbons (Fsp3) is 0.429. The van der Waals surface area contributed by atoms with Crippen LogP contribution < -0.4 is 4.74 Å². The minimum atomic E-state index is -1.42. The first-order chi connectivity index (χ1) is 8.09. The molecule has 1 aliphatic heterocycles. The number of rotatable bonds is 3. The quantitative estimate of drug-likeness (QED) is 0.759. The van der Waals surface area contributed by atoms with Crippen LogP contribution in [0.15, 0.2) is 36.1 Å². The van der Waals surface area contributed by atoms with Gasteiger partial charge in [0.15, 0.2) is 0 Å². The lowest BCUT2D eigenvalue weighted by Gasteiger charge is -2.29. The molecule has 0 spiro atoms. The van der Waals surface area contributed by atoms with Crippen molar-refractivity contribution >= 4 is 8.32 Å². The van der Waals surface area contributed by atoms with E-state index in [0.29, 0.717) is 0 Å². The highest BCUT2D eigenvalue weighted by Crippen LogP contribution is 2.26. The van der Waals surface area contributed by atoms with Crippen molar-refractivity contribution in [1.82, 2.24) is 0 Å². The summed E-state index contributed by atoms with van der Waals surface area (Å²) in [6.45, 7) is 4.57. The summed E-state index contributed by atoms with van der Waals surface area (Å²) in [6, 6.07) is 9.44. The Kier molecular flexibility index (Phi) is 3.57. The van der Waals surface area contributed by atoms with E-state index in [2.05, 4.69) is 31.3 Å². The third kappa shape index (κ3) is 3.36. The molecule has 1 aliphatic rings. The number of hydrogen-bond donors (Lipinski definition) is 0. The molecule has 0 fully saturated rings. The van der Waals surface area contributed by atoms with E-state index in [1.807, 2.05) is 12.1 Å². The molecule has 1 heterocycles. The SMILES string of the molecule is COc1ccc(CC2=CCC[Si](C)(C)O2)cc1. The maximum absolute atomic E-state index is 6.10. The van der Waals surface area contributed by atoms with E-state index in [4.69, 9.17) is 9.16 Å². The van der Waals surface area contributed by atoms with Gasteiger partial charge < -0.3 is 9.16 Å². The molecule has 0 saturated heterocycles. The standard InChI is InChI=1S/C14H20O2Si/c1-15-13-8-6-12(7-9-13)11-14-5-4-10-17(2,3)16-14/h5-9H,4,10-11H2,1-3H3. The second kappa shape index (κ2) is 4.96. The van der Waals surface area contributed by atoms with E-state index in [9.17, 15) is 0 Å². The highest BCUT2D eigenvalue weighted by atomic mass is 28.4. The number of ether oxygens (including phenoxy) is 1. The van der Waals surface area contributed by atoms with Gasteiger partial charge in [-0.3, -0.25) is 0 Å². The highest BCUT2D eigenvalue weighted by Gasteiger charge is 2.27. The summed E-state index contributed by atoms with van der Waals surface area (Å²) in [6.07, 6.45) is 4.31. The lowest BCUT2D eigenvalue weighted by molar-refractivity contribution is 0.389. The summed E-state index contributed by atoms with van der Waals surface area (Å²) >= 11 is 0. The van der Waals surface area contributed by atoms with Gasteiger partial charge in [0.1, 0.15) is 5.75 Å². The summed E-state index contributed by atoms with van der Waals surface area (Å²) in [5.74, 6) is 2.06. The molecule has 0 aromatic heterocycles. The van der Waals surface area contributed by atoms with Crippen LogP contribution in [-0.2, 0) is 10.8 Å². The number of benzene rings is 1. The van der Waals surface area contributed by atoms with Crippen molar-refractivity contribution in [3.05, 3.63) is 41.7 Å². The van der Waals surface area contributed by atoms with Crippen LogP contribution in [0.2, 0.25) is 19.1 Å². The maximum Gasteiger partial charge on any atom is 0.245 e. The monoisotopic (exact) mass is 248 g/mol. The van der Waals surface area contributed by atoms with Gasteiger partial charge in [-0.2, -0.15) is 0 Å². The third-order valence-corrected chi connectivity index (χ3v) is 5.37. The fourth-order valence-electron chi connectivity index (χ4n) is 2.08. The Hall–Kier alpha value is -1.22. The fourth-order valence-corrected chi connectivity index (χ4v) is 3.89. The molecule has 1 aromatic rings. The molecule has 0 saturated carbocycles. The molecule has 0 N–H and O–H groups in total. The molecule has 1 aromatic carbocycles. The first-order valence-corrected chi connectivity index (χ1v) is 9.21. The van der Waals surface area contributed by atoms with E-state index in [1.54, 1.807) is 7.11 Å². The van der Waals surface area contributed by atoms with E-state index in [-0.39, 0.29) is 0 Å². The summed E-state index contributed by atoms with van der Waals surface area (Å²) in [7, 11) is 0.272. The third-order valence-electron chi connectivity index (χ3n) is 3.06. The van der Waals surface area contributed by atoms with Gasteiger partial charge in [-0.05, 0) is 49.3 Å². The molecule has 0 amide bonds. The molecule has 0 atom stereocenters. The van der Waals surface area contributed by atoms with E-state index in [0.717, 1.165) is 17.9 Å². The second-order valence-corrected chi connectivity index (χ2v) is 9.32. The predicted octanol–water partition coefficient (Wildman–Crippen LogP) is 3.75. The largest absolute Gasteiger partial charge is 0.547 e. The van der Waals surface area contributed by atoms with Crippen LogP contribution in [0.3, 0.4) is 0 Å². The zero-order valence-corrected chi connectivity index (χ0v) is 11.8. The predicted molar refractivity (Wildman–Crippen MR) is 72.8 cm³/mol. The lowest BCUT2D eigenvalue weighted by Crippen LogP contribution is -2.32. The molecular weight excluding hydrogens is 228 g/mol. The summed E-state index contributed by atoms with van der Waals surface area (Å²) in [5, 5.41) is 0. The zero-order valence-electron chi connectivity index (χ0n) is 10.8. The van der Waals surface area contributed by atoms with Crippen LogP contribution in [-0.4, -0.2) is 15.4 Å². The number of hydrogen-bond acceptors (Lipinski definition) is 2. The van der Waals surface area contributed by atoms with Gasteiger partial charge in [0.2, 0.25) is 8.32 Å². The summed E-state index contributed by atoms with van der Waals surface area (Å²) < 4.78 is 11.3. The average molecular weight is 248 g/mol. The lowest BCUT2D eigenvalue weighted by atomic mass is 10.1. The van der Waals surface area contributed by atoms with Crippen molar-refractivity contribution in [1.29, 1.82) is 0 Å². The molecule has 0 unspecified atom stereocenters. The van der Waals surface area contributed by atoms with E-state index < -0.39 is 8.32 Å². The summed E-state index contributed by atoms with van der Waals surface area (Å²) in [5.41, 5.74) is 1.28. The molecule has 0 radical (unpaired) electrons. The average Bonchev–Trinajstić information content (AvgIpc) is 2.29. The molecule has 2 nitrogen and oxygen atoms in total. The van der Waals surface area contributed by atoms with Crippen LogP contribution in [0.4, 0.5) is 0 Å². The van der Waals surface area contributed by atoms with Crippen LogP contribution in [0.5, 0.6) is 5.75 Å². The minimum Gasteiger partial charge on any atom is -0.547 e. The van der Waals surface area contributed by atoms with Gasteiger partial charge >= 0.3 is 0 Å². The van der Waals surface area contributed by atoms with Crippen molar-refractivity contribution in [3.63, 3.8) is 0 Å². The molecule has 0 bridgehead atoms. The minimum absolute atomic E-state index is 0.903. The Morgan fingerprint density at radius 1 is 1.24 bits per heavy atom. The van der Waals surface area contributed by atoms with Gasteiger partial charge in [0.05, 0.1) is 12.9 Å². The smallest absolute Gasteiger partial charge is 0.245 e. The number of allylic oxidation sites excluding steroid dienone is 2. The van der Waals surface area contributed by atoms with E-state index >= 15 is 0 Å². The maximum atomic E-state index is 6.10. The second-order valence-electron chi connectivity index (χ2n) is 5.10. The van der Waals surface area contributed by atoms with Crippen LogP contribution in [0, 0.1) is 0 Å². The van der Waals surface area contributed by atoms with Gasteiger partial charge in [0, 0.05) is 6.42 Å². The molecule has 17 heavy (non-hydrogen) atoms. The normalized spacial score (nSPS) is 18.2. The van der Waals surface area contributed by atoms with Gasteiger partial charge in [0.25, 0.3) is 0 Å². The molecule has 2 rings (SSSR count). The Morgan fingerprint density at radius 2 is 1.94 bits per heavy atom. The molecular formula is C14H20O2Si. The summed E-state index contributed by atoms with van der Waals surface area (Å²) in [4.78, 5) is 0. The topological polar surface area (TPSA) is 18.5 Å². The van der Waals surface area contributed by atoms with Crippen molar-refractivity contribution in [3.8, 4) is 5.75 Å². The molecule has 92 valence electrons. The van der Waals surface area contributed by atoms with Crippen LogP contribution >= 0.6 is 0 Å². The first kappa shape index (κ1) is 12.2. The van der Waals surface area contributed by atoms with Crippen LogP contribution in [0.25, 0.3) is 0 Å². The Balaban J connectivity index is 2.03. The van der Waals surface area contributed by atoms with E-state index in [1.165, 1.54) is 18.0 Å². The van der Waals surface area contributed by atoms with Gasteiger partial charge in [-0.15, -0.1) is 0 Å². The Bertz CT molecular complexity index is 407. The van der Waals surface area contributed by atoms with Crippen molar-refractivity contribution < 1.29 is 9.16 Å². The first-order valence-electron chi connectivity index (χ1n) is 6.10. The van der Waals surface area contributed by atoms with Crippen molar-refractivity contribution in [2.24, 2.45) is 0 Å². The highest BCUT2D eigenvalue weighted by molar-refractivity contribution is 6.71. The van der Waals surface area contributed by atoms with Crippen molar-refractivity contribution in [2.45, 2.75) is 32.0 Å². The number of methoxy groups -OCH3 is 1. The molecule has 0 aliphatic carbocycles. The Morgan fingerprint density at radius 3 is 2.53 bits per heavy atom. The van der Waals surface area contributed by atoms with Gasteiger partial charge in [-0.25, -0.2) is 0 Å². The molecule has 3 heteroatoms. The zero-order chi connectivity index (χ0) is 12.3. The van der Waals surface area contributed by atoms with Crippen molar-refractivity contribution in [2.75, 3.05) is 7.11 Å².